The molecule has 0 spiro atoms. The van der Waals surface area contributed by atoms with Gasteiger partial charge in [-0.1, -0.05) is 0 Å². The Balaban J connectivity index is 3.14. The smallest absolute Gasteiger partial charge is 0.160 e. The summed E-state index contributed by atoms with van der Waals surface area (Å²) in [6, 6.07) is 1.55. The van der Waals surface area contributed by atoms with Gasteiger partial charge in [0.2, 0.25) is 0 Å². The van der Waals surface area contributed by atoms with E-state index in [0.717, 1.165) is 0 Å². The van der Waals surface area contributed by atoms with Crippen molar-refractivity contribution in [3.63, 3.8) is 0 Å². The van der Waals surface area contributed by atoms with Crippen molar-refractivity contribution >= 4 is 27.5 Å². The van der Waals surface area contributed by atoms with Gasteiger partial charge in [-0.2, -0.15) is 0 Å². The minimum Gasteiger partial charge on any atom is -0.246 e. The van der Waals surface area contributed by atoms with Gasteiger partial charge in [0.05, 0.1) is 5.88 Å². The number of halogens is 3. The summed E-state index contributed by atoms with van der Waals surface area (Å²) in [5.74, 6) is -0.204. The van der Waals surface area contributed by atoms with E-state index >= 15 is 0 Å². The van der Waals surface area contributed by atoms with E-state index in [1.807, 2.05) is 0 Å². The summed E-state index contributed by atoms with van der Waals surface area (Å²) in [6.45, 7) is 0. The van der Waals surface area contributed by atoms with E-state index in [9.17, 15) is 4.39 Å². The van der Waals surface area contributed by atoms with Crippen molar-refractivity contribution in [1.29, 1.82) is 0 Å². The van der Waals surface area contributed by atoms with E-state index in [0.29, 0.717) is 5.56 Å². The monoisotopic (exact) mass is 223 g/mol. The van der Waals surface area contributed by atoms with Crippen molar-refractivity contribution in [2.45, 2.75) is 5.88 Å². The minimum absolute atomic E-state index is 0.174. The van der Waals surface area contributed by atoms with Crippen LogP contribution in [0.3, 0.4) is 0 Å². The largest absolute Gasteiger partial charge is 0.246 e. The van der Waals surface area contributed by atoms with Crippen molar-refractivity contribution < 1.29 is 4.39 Å². The summed E-state index contributed by atoms with van der Waals surface area (Å²) in [5, 5.41) is 0. The molecule has 0 amide bonds. The van der Waals surface area contributed by atoms with Gasteiger partial charge in [0.25, 0.3) is 0 Å². The van der Waals surface area contributed by atoms with Gasteiger partial charge in [0.15, 0.2) is 5.82 Å². The van der Waals surface area contributed by atoms with Crippen molar-refractivity contribution in [3.05, 3.63) is 28.2 Å². The highest BCUT2D eigenvalue weighted by Crippen LogP contribution is 2.16. The maximum Gasteiger partial charge on any atom is 0.160 e. The predicted octanol–water partition coefficient (Wildman–Crippen LogP) is 2.72. The fourth-order valence-electron chi connectivity index (χ4n) is 0.558. The Morgan fingerprint density at radius 1 is 1.70 bits per heavy atom. The molecule has 0 bridgehead atoms. The number of hydrogen-bond acceptors (Lipinski definition) is 1. The minimum atomic E-state index is -0.377. The van der Waals surface area contributed by atoms with Crippen molar-refractivity contribution in [3.8, 4) is 0 Å². The van der Waals surface area contributed by atoms with Crippen LogP contribution in [0.4, 0.5) is 4.39 Å². The van der Waals surface area contributed by atoms with Crippen LogP contribution in [-0.4, -0.2) is 4.98 Å². The number of pyridine rings is 1. The summed E-state index contributed by atoms with van der Waals surface area (Å²) in [4.78, 5) is 3.67. The van der Waals surface area contributed by atoms with E-state index in [-0.39, 0.29) is 16.3 Å². The number of nitrogens with zero attached hydrogens (tertiary/aromatic N) is 1. The van der Waals surface area contributed by atoms with Crippen molar-refractivity contribution in [2.75, 3.05) is 0 Å². The molecule has 4 heteroatoms. The molecule has 0 aromatic carbocycles. The van der Waals surface area contributed by atoms with Crippen LogP contribution in [0, 0.1) is 5.82 Å². The first-order chi connectivity index (χ1) is 4.75. The average molecular weight is 224 g/mol. The van der Waals surface area contributed by atoms with Gasteiger partial charge in [-0.25, -0.2) is 9.37 Å². The normalized spacial score (nSPS) is 9.90. The number of rotatable bonds is 1. The Morgan fingerprint density at radius 2 is 2.40 bits per heavy atom. The molecule has 0 saturated heterocycles. The first kappa shape index (κ1) is 7.95. The summed E-state index contributed by atoms with van der Waals surface area (Å²) in [6.07, 6.45) is 1.50. The molecule has 1 rings (SSSR count). The van der Waals surface area contributed by atoms with Crippen LogP contribution in [0.1, 0.15) is 5.56 Å². The standard InChI is InChI=1S/C6H4BrClFN/c7-6-5(9)4(3-8)1-2-10-6/h1-2H,3H2. The van der Waals surface area contributed by atoms with E-state index in [2.05, 4.69) is 20.9 Å². The maximum atomic E-state index is 12.8. The first-order valence-electron chi connectivity index (χ1n) is 2.60. The fourth-order valence-corrected chi connectivity index (χ4v) is 1.14. The Kier molecular flexibility index (Phi) is 2.63. The lowest BCUT2D eigenvalue weighted by molar-refractivity contribution is 0.602. The molecule has 0 aliphatic carbocycles. The Hall–Kier alpha value is -0.150. The Labute approximate surface area is 71.4 Å². The van der Waals surface area contributed by atoms with Crippen molar-refractivity contribution in [1.82, 2.24) is 4.98 Å². The molecule has 1 heterocycles. The molecule has 0 N–H and O–H groups in total. The lowest BCUT2D eigenvalue weighted by atomic mass is 10.3. The maximum absolute atomic E-state index is 12.8. The van der Waals surface area contributed by atoms with Crippen LogP contribution in [0.5, 0.6) is 0 Å². The van der Waals surface area contributed by atoms with Gasteiger partial charge >= 0.3 is 0 Å². The van der Waals surface area contributed by atoms with E-state index in [4.69, 9.17) is 11.6 Å². The molecule has 0 radical (unpaired) electrons. The van der Waals surface area contributed by atoms with Gasteiger partial charge in [-0.15, -0.1) is 11.6 Å². The predicted molar refractivity (Wildman–Crippen MR) is 41.5 cm³/mol. The highest BCUT2D eigenvalue weighted by Gasteiger charge is 2.04. The Bertz CT molecular complexity index is 241. The topological polar surface area (TPSA) is 12.9 Å². The molecule has 1 aromatic heterocycles. The fraction of sp³-hybridized carbons (Fsp3) is 0.167. The molecule has 1 aromatic rings. The molecular weight excluding hydrogens is 220 g/mol. The third-order valence-corrected chi connectivity index (χ3v) is 1.91. The SMILES string of the molecule is Fc1c(CCl)ccnc1Br. The number of hydrogen-bond donors (Lipinski definition) is 0. The van der Waals surface area contributed by atoms with Crippen LogP contribution >= 0.6 is 27.5 Å². The van der Waals surface area contributed by atoms with Gasteiger partial charge < -0.3 is 0 Å². The van der Waals surface area contributed by atoms with E-state index in [1.54, 1.807) is 6.07 Å². The molecule has 54 valence electrons. The molecule has 0 aliphatic heterocycles. The average Bonchev–Trinajstić information content (AvgIpc) is 1.95. The van der Waals surface area contributed by atoms with Gasteiger partial charge in [0, 0.05) is 11.8 Å². The second-order valence-electron chi connectivity index (χ2n) is 1.71. The lowest BCUT2D eigenvalue weighted by Crippen LogP contribution is -1.89. The molecule has 10 heavy (non-hydrogen) atoms. The van der Waals surface area contributed by atoms with Crippen LogP contribution in [0.15, 0.2) is 16.9 Å². The summed E-state index contributed by atoms with van der Waals surface area (Å²) >= 11 is 8.36. The van der Waals surface area contributed by atoms with E-state index in [1.165, 1.54) is 6.20 Å². The summed E-state index contributed by atoms with van der Waals surface area (Å²) in [7, 11) is 0. The van der Waals surface area contributed by atoms with Gasteiger partial charge in [-0.3, -0.25) is 0 Å². The third kappa shape index (κ3) is 1.47. The lowest BCUT2D eigenvalue weighted by Gasteiger charge is -1.97. The Morgan fingerprint density at radius 3 is 2.90 bits per heavy atom. The van der Waals surface area contributed by atoms with Crippen molar-refractivity contribution in [2.24, 2.45) is 0 Å². The molecule has 0 saturated carbocycles. The third-order valence-electron chi connectivity index (χ3n) is 1.07. The number of alkyl halides is 1. The molecule has 1 nitrogen and oxygen atoms in total. The number of aromatic nitrogens is 1. The zero-order valence-electron chi connectivity index (χ0n) is 4.94. The highest BCUT2D eigenvalue weighted by molar-refractivity contribution is 9.10. The van der Waals surface area contributed by atoms with Crippen LogP contribution in [0.2, 0.25) is 0 Å². The molecule has 0 atom stereocenters. The first-order valence-corrected chi connectivity index (χ1v) is 3.93. The van der Waals surface area contributed by atoms with Gasteiger partial charge in [0.1, 0.15) is 4.60 Å². The molecule has 0 aliphatic rings. The quantitative estimate of drug-likeness (QED) is 0.528. The van der Waals surface area contributed by atoms with Crippen LogP contribution in [-0.2, 0) is 5.88 Å². The van der Waals surface area contributed by atoms with Crippen LogP contribution < -0.4 is 0 Å². The summed E-state index contributed by atoms with van der Waals surface area (Å²) < 4.78 is 13.0. The second-order valence-corrected chi connectivity index (χ2v) is 2.73. The highest BCUT2D eigenvalue weighted by atomic mass is 79.9. The van der Waals surface area contributed by atoms with E-state index < -0.39 is 0 Å². The zero-order valence-corrected chi connectivity index (χ0v) is 7.28. The molecule has 0 fully saturated rings. The second kappa shape index (κ2) is 3.30. The van der Waals surface area contributed by atoms with Gasteiger partial charge in [-0.05, 0) is 22.0 Å². The molecular formula is C6H4BrClFN. The molecule has 0 unspecified atom stereocenters. The zero-order chi connectivity index (χ0) is 7.56. The van der Waals surface area contributed by atoms with Crippen LogP contribution in [0.25, 0.3) is 0 Å². The summed E-state index contributed by atoms with van der Waals surface area (Å²) in [5.41, 5.74) is 0.462.